The van der Waals surface area contributed by atoms with Crippen molar-refractivity contribution in [3.05, 3.63) is 0 Å². The smallest absolute Gasteiger partial charge is 0.208 e. The van der Waals surface area contributed by atoms with Gasteiger partial charge in [0.25, 0.3) is 0 Å². The summed E-state index contributed by atoms with van der Waals surface area (Å²) in [7, 11) is -3.07. The van der Waals surface area contributed by atoms with Gasteiger partial charge in [-0.3, -0.25) is 0 Å². The molecule has 0 spiro atoms. The highest BCUT2D eigenvalue weighted by Crippen LogP contribution is 2.34. The summed E-state index contributed by atoms with van der Waals surface area (Å²) in [6.45, 7) is 0.789. The first-order valence-corrected chi connectivity index (χ1v) is 7.04. The molecule has 1 aliphatic carbocycles. The zero-order valence-electron chi connectivity index (χ0n) is 8.40. The fourth-order valence-electron chi connectivity index (χ4n) is 2.60. The van der Waals surface area contributed by atoms with Crippen molar-refractivity contribution in [3.63, 3.8) is 0 Å². The first kappa shape index (κ1) is 10.4. The van der Waals surface area contributed by atoms with Crippen molar-refractivity contribution in [2.24, 2.45) is 5.92 Å². The first-order chi connectivity index (χ1) is 6.56. The molecule has 14 heavy (non-hydrogen) atoms. The van der Waals surface area contributed by atoms with Gasteiger partial charge in [0.05, 0.1) is 12.4 Å². The Bertz CT molecular complexity index is 301. The molecular formula is C9H17NO3S. The molecule has 3 unspecified atom stereocenters. The number of hydrogen-bond donors (Lipinski definition) is 1. The van der Waals surface area contributed by atoms with E-state index >= 15 is 0 Å². The molecule has 0 aromatic rings. The number of nitrogens with one attached hydrogen (secondary N) is 1. The molecule has 2 aliphatic rings. The fraction of sp³-hybridized carbons (Fsp3) is 1.00. The summed E-state index contributed by atoms with van der Waals surface area (Å²) >= 11 is 0. The lowest BCUT2D eigenvalue weighted by molar-refractivity contribution is 0.0570. The van der Waals surface area contributed by atoms with E-state index < -0.39 is 10.0 Å². The van der Waals surface area contributed by atoms with Crippen molar-refractivity contribution in [2.75, 3.05) is 12.9 Å². The standard InChI is InChI=1S/C9H17NO3S/c1-14(11,12)10-8-3-2-4-9-7(8)5-6-13-9/h7-10H,2-6H2,1H3. The van der Waals surface area contributed by atoms with Crippen LogP contribution in [0.3, 0.4) is 0 Å². The predicted octanol–water partition coefficient (Wildman–Crippen LogP) is 0.493. The number of hydrogen-bond acceptors (Lipinski definition) is 3. The van der Waals surface area contributed by atoms with Gasteiger partial charge >= 0.3 is 0 Å². The summed E-state index contributed by atoms with van der Waals surface area (Å²) in [5.41, 5.74) is 0. The van der Waals surface area contributed by atoms with Crippen molar-refractivity contribution < 1.29 is 13.2 Å². The summed E-state index contributed by atoms with van der Waals surface area (Å²) in [5.74, 6) is 0.401. The van der Waals surface area contributed by atoms with Crippen LogP contribution in [0, 0.1) is 5.92 Å². The van der Waals surface area contributed by atoms with Crippen LogP contribution in [0.5, 0.6) is 0 Å². The highest BCUT2D eigenvalue weighted by atomic mass is 32.2. The molecule has 4 nitrogen and oxygen atoms in total. The third-order valence-corrected chi connectivity index (χ3v) is 3.88. The van der Waals surface area contributed by atoms with Crippen LogP contribution in [-0.2, 0) is 14.8 Å². The second kappa shape index (κ2) is 3.79. The number of ether oxygens (including phenoxy) is 1. The lowest BCUT2D eigenvalue weighted by Gasteiger charge is -2.32. The van der Waals surface area contributed by atoms with Crippen LogP contribution in [-0.4, -0.2) is 33.4 Å². The Hall–Kier alpha value is -0.130. The van der Waals surface area contributed by atoms with Crippen molar-refractivity contribution in [3.8, 4) is 0 Å². The third-order valence-electron chi connectivity index (χ3n) is 3.15. The van der Waals surface area contributed by atoms with Crippen LogP contribution in [0.2, 0.25) is 0 Å². The zero-order valence-corrected chi connectivity index (χ0v) is 9.22. The van der Waals surface area contributed by atoms with Gasteiger partial charge < -0.3 is 4.74 Å². The van der Waals surface area contributed by atoms with Gasteiger partial charge in [-0.15, -0.1) is 0 Å². The average molecular weight is 219 g/mol. The van der Waals surface area contributed by atoms with Crippen molar-refractivity contribution in [1.82, 2.24) is 4.72 Å². The average Bonchev–Trinajstić information content (AvgIpc) is 2.49. The minimum Gasteiger partial charge on any atom is -0.378 e. The SMILES string of the molecule is CS(=O)(=O)NC1CCCC2OCCC12. The Morgan fingerprint density at radius 1 is 1.29 bits per heavy atom. The van der Waals surface area contributed by atoms with Crippen LogP contribution in [0.4, 0.5) is 0 Å². The van der Waals surface area contributed by atoms with E-state index in [-0.39, 0.29) is 6.04 Å². The highest BCUT2D eigenvalue weighted by molar-refractivity contribution is 7.88. The fourth-order valence-corrected chi connectivity index (χ4v) is 3.44. The maximum atomic E-state index is 11.1. The Kier molecular flexibility index (Phi) is 2.81. The van der Waals surface area contributed by atoms with Crippen LogP contribution in [0.25, 0.3) is 0 Å². The molecule has 1 N–H and O–H groups in total. The molecule has 1 saturated carbocycles. The number of sulfonamides is 1. The molecule has 0 aromatic heterocycles. The summed E-state index contributed by atoms with van der Waals surface area (Å²) in [4.78, 5) is 0. The van der Waals surface area contributed by atoms with Crippen LogP contribution in [0.15, 0.2) is 0 Å². The Labute approximate surface area is 85.1 Å². The maximum absolute atomic E-state index is 11.1. The van der Waals surface area contributed by atoms with Crippen molar-refractivity contribution >= 4 is 10.0 Å². The van der Waals surface area contributed by atoms with E-state index in [1.165, 1.54) is 6.26 Å². The maximum Gasteiger partial charge on any atom is 0.208 e. The van der Waals surface area contributed by atoms with Gasteiger partial charge in [-0.2, -0.15) is 0 Å². The molecule has 82 valence electrons. The normalized spacial score (nSPS) is 38.2. The monoisotopic (exact) mass is 219 g/mol. The largest absolute Gasteiger partial charge is 0.378 e. The van der Waals surface area contributed by atoms with E-state index in [1.54, 1.807) is 0 Å². The molecule has 3 atom stereocenters. The van der Waals surface area contributed by atoms with Gasteiger partial charge in [-0.25, -0.2) is 13.1 Å². The molecule has 5 heteroatoms. The third kappa shape index (κ3) is 2.27. The van der Waals surface area contributed by atoms with Crippen LogP contribution in [0.1, 0.15) is 25.7 Å². The van der Waals surface area contributed by atoms with Crippen molar-refractivity contribution in [1.29, 1.82) is 0 Å². The Morgan fingerprint density at radius 2 is 2.07 bits per heavy atom. The highest BCUT2D eigenvalue weighted by Gasteiger charge is 2.38. The summed E-state index contributed by atoms with van der Waals surface area (Å²) in [6.07, 6.45) is 5.63. The van der Waals surface area contributed by atoms with Gasteiger partial charge in [0, 0.05) is 18.6 Å². The van der Waals surface area contributed by atoms with Gasteiger partial charge in [-0.05, 0) is 25.7 Å². The summed E-state index contributed by atoms with van der Waals surface area (Å²) in [5, 5.41) is 0. The van der Waals surface area contributed by atoms with E-state index in [4.69, 9.17) is 4.74 Å². The topological polar surface area (TPSA) is 55.4 Å². The predicted molar refractivity (Wildman–Crippen MR) is 53.5 cm³/mol. The Balaban J connectivity index is 2.03. The van der Waals surface area contributed by atoms with Gasteiger partial charge in [0.1, 0.15) is 0 Å². The van der Waals surface area contributed by atoms with Crippen LogP contribution >= 0.6 is 0 Å². The summed E-state index contributed by atoms with van der Waals surface area (Å²) in [6, 6.07) is 0.103. The van der Waals surface area contributed by atoms with Gasteiger partial charge in [0.15, 0.2) is 0 Å². The molecule has 0 bridgehead atoms. The number of fused-ring (bicyclic) bond motifs is 1. The second-order valence-electron chi connectivity index (χ2n) is 4.29. The van der Waals surface area contributed by atoms with Crippen molar-refractivity contribution in [2.45, 2.75) is 37.8 Å². The first-order valence-electron chi connectivity index (χ1n) is 5.15. The molecule has 2 rings (SSSR count). The molecular weight excluding hydrogens is 202 g/mol. The van der Waals surface area contributed by atoms with Gasteiger partial charge in [0.2, 0.25) is 10.0 Å². The molecule has 0 aromatic carbocycles. The van der Waals surface area contributed by atoms with E-state index in [1.807, 2.05) is 0 Å². The Morgan fingerprint density at radius 3 is 2.79 bits per heavy atom. The van der Waals surface area contributed by atoms with Gasteiger partial charge in [-0.1, -0.05) is 0 Å². The van der Waals surface area contributed by atoms with E-state index in [9.17, 15) is 8.42 Å². The summed E-state index contributed by atoms with van der Waals surface area (Å²) < 4.78 is 30.6. The second-order valence-corrected chi connectivity index (χ2v) is 6.07. The van der Waals surface area contributed by atoms with Crippen LogP contribution < -0.4 is 4.72 Å². The molecule has 0 amide bonds. The molecule has 2 fully saturated rings. The quantitative estimate of drug-likeness (QED) is 0.735. The minimum absolute atomic E-state index is 0.103. The molecule has 1 heterocycles. The zero-order chi connectivity index (χ0) is 10.2. The van der Waals surface area contributed by atoms with E-state index in [0.29, 0.717) is 12.0 Å². The molecule has 1 aliphatic heterocycles. The number of rotatable bonds is 2. The minimum atomic E-state index is -3.07. The van der Waals surface area contributed by atoms with E-state index in [0.717, 1.165) is 32.3 Å². The lowest BCUT2D eigenvalue weighted by Crippen LogP contribution is -2.45. The lowest BCUT2D eigenvalue weighted by atomic mass is 9.82. The molecule has 1 saturated heterocycles. The molecule has 0 radical (unpaired) electrons. The van der Waals surface area contributed by atoms with E-state index in [2.05, 4.69) is 4.72 Å².